The van der Waals surface area contributed by atoms with E-state index in [0.717, 1.165) is 43.9 Å². The van der Waals surface area contributed by atoms with E-state index in [1.165, 1.54) is 122 Å². The van der Waals surface area contributed by atoms with E-state index in [1.54, 1.807) is 0 Å². The highest BCUT2D eigenvalue weighted by Crippen LogP contribution is 2.25. The quantitative estimate of drug-likeness (QED) is 0.0388. The Balaban J connectivity index is 2.23. The fraction of sp³-hybridized carbons (Fsp3) is 0.976. The number of rotatable bonds is 34. The number of unbranched alkanes of at least 4 members (excludes halogenated alkanes) is 18. The van der Waals surface area contributed by atoms with Crippen molar-refractivity contribution in [2.75, 3.05) is 19.8 Å². The molecule has 292 valence electrons. The molecule has 8 nitrogen and oxygen atoms in total. The van der Waals surface area contributed by atoms with Gasteiger partial charge in [0.2, 0.25) is 0 Å². The monoisotopic (exact) mass is 701 g/mol. The van der Waals surface area contributed by atoms with E-state index < -0.39 is 36.6 Å². The second-order valence-electron chi connectivity index (χ2n) is 15.6. The molecule has 49 heavy (non-hydrogen) atoms. The number of hydrogen-bond acceptors (Lipinski definition) is 8. The zero-order valence-electron chi connectivity index (χ0n) is 32.3. The van der Waals surface area contributed by atoms with Gasteiger partial charge in [-0.25, -0.2) is 0 Å². The minimum atomic E-state index is -1.49. The number of hydrogen-bond donors (Lipinski definition) is 4. The summed E-state index contributed by atoms with van der Waals surface area (Å²) in [5.41, 5.74) is 0. The maximum absolute atomic E-state index is 12.7. The van der Waals surface area contributed by atoms with Gasteiger partial charge in [0.1, 0.15) is 36.6 Å². The maximum atomic E-state index is 12.7. The molecule has 0 bridgehead atoms. The highest BCUT2D eigenvalue weighted by atomic mass is 16.6. The van der Waals surface area contributed by atoms with Gasteiger partial charge in [0.25, 0.3) is 0 Å². The zero-order chi connectivity index (χ0) is 36.1. The Morgan fingerprint density at radius 1 is 0.551 bits per heavy atom. The van der Waals surface area contributed by atoms with Crippen LogP contribution in [-0.4, -0.2) is 82.8 Å². The number of ether oxygens (including phenoxy) is 3. The van der Waals surface area contributed by atoms with Gasteiger partial charge < -0.3 is 34.6 Å². The third-order valence-corrected chi connectivity index (χ3v) is 10.2. The van der Waals surface area contributed by atoms with E-state index in [4.69, 9.17) is 14.2 Å². The lowest BCUT2D eigenvalue weighted by Gasteiger charge is -2.24. The topological polar surface area (TPSA) is 126 Å². The predicted molar refractivity (Wildman–Crippen MR) is 200 cm³/mol. The molecular formula is C41H80O8. The average molecular weight is 701 g/mol. The van der Waals surface area contributed by atoms with Gasteiger partial charge >= 0.3 is 5.97 Å². The Bertz CT molecular complexity index is 735. The smallest absolute Gasteiger partial charge is 0.306 e. The first-order valence-corrected chi connectivity index (χ1v) is 20.8. The van der Waals surface area contributed by atoms with Crippen molar-refractivity contribution in [3.63, 3.8) is 0 Å². The molecule has 0 aliphatic heterocycles. The Morgan fingerprint density at radius 2 is 1.00 bits per heavy atom. The number of carbonyl (C=O) groups excluding carboxylic acids is 1. The van der Waals surface area contributed by atoms with Crippen LogP contribution in [0.1, 0.15) is 188 Å². The molecule has 0 aromatic heterocycles. The first-order valence-electron chi connectivity index (χ1n) is 20.8. The highest BCUT2D eigenvalue weighted by Gasteiger charge is 2.49. The summed E-state index contributed by atoms with van der Waals surface area (Å²) in [6, 6.07) is 0. The van der Waals surface area contributed by atoms with Crippen molar-refractivity contribution in [1.29, 1.82) is 0 Å². The molecule has 1 aliphatic carbocycles. The summed E-state index contributed by atoms with van der Waals surface area (Å²) in [6.07, 6.45) is 22.6. The summed E-state index contributed by atoms with van der Waals surface area (Å²) in [6.45, 7) is 9.87. The molecule has 1 saturated carbocycles. The van der Waals surface area contributed by atoms with Crippen LogP contribution >= 0.6 is 0 Å². The molecule has 0 aromatic carbocycles. The minimum Gasteiger partial charge on any atom is -0.457 e. The van der Waals surface area contributed by atoms with E-state index in [0.29, 0.717) is 13.0 Å². The van der Waals surface area contributed by atoms with Crippen molar-refractivity contribution < 1.29 is 39.4 Å². The minimum absolute atomic E-state index is 0.0984. The molecule has 0 heterocycles. The van der Waals surface area contributed by atoms with Crippen LogP contribution in [-0.2, 0) is 19.0 Å². The van der Waals surface area contributed by atoms with Crippen LogP contribution in [0.2, 0.25) is 0 Å². The van der Waals surface area contributed by atoms with Crippen LogP contribution in [0, 0.1) is 11.8 Å². The number of esters is 1. The van der Waals surface area contributed by atoms with Crippen LogP contribution < -0.4 is 0 Å². The van der Waals surface area contributed by atoms with Gasteiger partial charge in [-0.3, -0.25) is 4.79 Å². The molecule has 7 atom stereocenters. The van der Waals surface area contributed by atoms with Crippen molar-refractivity contribution in [3.05, 3.63) is 0 Å². The summed E-state index contributed by atoms with van der Waals surface area (Å²) in [5.74, 6) is 1.35. The molecule has 0 saturated heterocycles. The van der Waals surface area contributed by atoms with Gasteiger partial charge in [-0.15, -0.1) is 0 Å². The van der Waals surface area contributed by atoms with Gasteiger partial charge in [-0.05, 0) is 24.7 Å². The molecule has 0 radical (unpaired) electrons. The Labute approximate surface area is 301 Å². The van der Waals surface area contributed by atoms with Gasteiger partial charge in [0.05, 0.1) is 13.2 Å². The fourth-order valence-electron chi connectivity index (χ4n) is 6.87. The third-order valence-electron chi connectivity index (χ3n) is 10.2. The Kier molecular flexibility index (Phi) is 29.1. The zero-order valence-corrected chi connectivity index (χ0v) is 32.3. The second-order valence-corrected chi connectivity index (χ2v) is 15.6. The number of aliphatic hydroxyl groups excluding tert-OH is 4. The first-order chi connectivity index (χ1) is 23.7. The molecule has 0 aromatic rings. The van der Waals surface area contributed by atoms with Crippen molar-refractivity contribution in [1.82, 2.24) is 0 Å². The van der Waals surface area contributed by atoms with Crippen LogP contribution in [0.15, 0.2) is 0 Å². The Hall–Kier alpha value is -0.770. The Morgan fingerprint density at radius 3 is 1.51 bits per heavy atom. The average Bonchev–Trinajstić information content (AvgIpc) is 3.25. The molecule has 4 N–H and O–H groups in total. The van der Waals surface area contributed by atoms with Crippen LogP contribution in [0.25, 0.3) is 0 Å². The van der Waals surface area contributed by atoms with Gasteiger partial charge in [0.15, 0.2) is 0 Å². The SMILES string of the molecule is CCCCCC[C@H](C)CCCCCCCCCOC[C@@H](COC1[C@@H](O)[C@H](O)[C@H](O)[C@H]1O)OC(=O)CCCCCCCCCCCCC(C)C. The van der Waals surface area contributed by atoms with Crippen molar-refractivity contribution in [2.45, 2.75) is 225 Å². The first kappa shape index (κ1) is 46.3. The summed E-state index contributed by atoms with van der Waals surface area (Å²) >= 11 is 0. The lowest BCUT2D eigenvalue weighted by Crippen LogP contribution is -2.39. The second kappa shape index (κ2) is 30.8. The molecule has 0 spiro atoms. The van der Waals surface area contributed by atoms with E-state index in [-0.39, 0.29) is 19.2 Å². The molecule has 1 unspecified atom stereocenters. The van der Waals surface area contributed by atoms with Crippen molar-refractivity contribution >= 4 is 5.97 Å². The number of aliphatic hydroxyl groups is 4. The van der Waals surface area contributed by atoms with E-state index >= 15 is 0 Å². The largest absolute Gasteiger partial charge is 0.457 e. The lowest BCUT2D eigenvalue weighted by atomic mass is 9.96. The summed E-state index contributed by atoms with van der Waals surface area (Å²) in [4.78, 5) is 12.7. The molecule has 0 amide bonds. The number of carbonyl (C=O) groups is 1. The van der Waals surface area contributed by atoms with Crippen molar-refractivity contribution in [2.24, 2.45) is 11.8 Å². The van der Waals surface area contributed by atoms with Crippen LogP contribution in [0.4, 0.5) is 0 Å². The lowest BCUT2D eigenvalue weighted by molar-refractivity contribution is -0.163. The van der Waals surface area contributed by atoms with Crippen LogP contribution in [0.3, 0.4) is 0 Å². The van der Waals surface area contributed by atoms with E-state index in [9.17, 15) is 25.2 Å². The fourth-order valence-corrected chi connectivity index (χ4v) is 6.87. The molecule has 1 fully saturated rings. The predicted octanol–water partition coefficient (Wildman–Crippen LogP) is 8.82. The molecule has 1 aliphatic rings. The van der Waals surface area contributed by atoms with Gasteiger partial charge in [0, 0.05) is 13.0 Å². The summed E-state index contributed by atoms with van der Waals surface area (Å²) in [5, 5.41) is 40.1. The summed E-state index contributed by atoms with van der Waals surface area (Å²) in [7, 11) is 0. The maximum Gasteiger partial charge on any atom is 0.306 e. The standard InChI is InChI=1S/C41H80O8/c1-5-6-7-22-27-34(4)28-23-18-14-12-16-20-25-30-47-31-35(32-48-41-39(45)37(43)38(44)40(41)46)49-36(42)29-24-19-15-11-9-8-10-13-17-21-26-33(2)3/h33-35,37-41,43-46H,5-32H2,1-4H3/t34-,35-,37-,38+,39+,40-,41?/m0/s1. The molecule has 8 heteroatoms. The summed E-state index contributed by atoms with van der Waals surface area (Å²) < 4.78 is 17.2. The normalized spacial score (nSPS) is 22.2. The highest BCUT2D eigenvalue weighted by molar-refractivity contribution is 5.69. The van der Waals surface area contributed by atoms with Crippen LogP contribution in [0.5, 0.6) is 0 Å². The van der Waals surface area contributed by atoms with Crippen molar-refractivity contribution in [3.8, 4) is 0 Å². The van der Waals surface area contributed by atoms with Gasteiger partial charge in [-0.2, -0.15) is 0 Å². The van der Waals surface area contributed by atoms with Gasteiger partial charge in [-0.1, -0.05) is 169 Å². The molecular weight excluding hydrogens is 620 g/mol. The van der Waals surface area contributed by atoms with E-state index in [2.05, 4.69) is 27.7 Å². The third kappa shape index (κ3) is 24.2. The molecule has 1 rings (SSSR count). The van der Waals surface area contributed by atoms with E-state index in [1.807, 2.05) is 0 Å².